The third-order valence-electron chi connectivity index (χ3n) is 4.20. The quantitative estimate of drug-likeness (QED) is 0.417. The molecule has 2 N–H and O–H groups in total. The highest BCUT2D eigenvalue weighted by Crippen LogP contribution is 2.36. The number of rotatable bonds is 5. The lowest BCUT2D eigenvalue weighted by Crippen LogP contribution is -2.13. The van der Waals surface area contributed by atoms with E-state index >= 15 is 0 Å². The molecular weight excluding hydrogens is 388 g/mol. The van der Waals surface area contributed by atoms with Gasteiger partial charge in [-0.1, -0.05) is 29.8 Å². The summed E-state index contributed by atoms with van der Waals surface area (Å²) in [5.41, 5.74) is 3.33. The molecule has 0 saturated carbocycles. The van der Waals surface area contributed by atoms with Crippen LogP contribution in [0.25, 0.3) is 20.8 Å². The van der Waals surface area contributed by atoms with Gasteiger partial charge in [-0.2, -0.15) is 0 Å². The standard InChI is InChI=1S/C22H18N2O2S2/c1-14-6-9-16(10-7-14)27-13-21(26)23-15-8-11-17(19(25)12-15)22-24-18-4-2-3-5-20(18)28-22/h2-12,25H,13H2,1H3,(H,23,26). The van der Waals surface area contributed by atoms with Crippen molar-refractivity contribution in [3.8, 4) is 16.3 Å². The second-order valence-electron chi connectivity index (χ2n) is 6.37. The van der Waals surface area contributed by atoms with Crippen LogP contribution in [0.5, 0.6) is 5.75 Å². The first-order valence-corrected chi connectivity index (χ1v) is 10.6. The normalized spacial score (nSPS) is 10.9. The van der Waals surface area contributed by atoms with Crippen molar-refractivity contribution in [2.24, 2.45) is 0 Å². The Morgan fingerprint density at radius 1 is 1.11 bits per heavy atom. The number of nitrogens with one attached hydrogen (secondary N) is 1. The fourth-order valence-electron chi connectivity index (χ4n) is 2.76. The van der Waals surface area contributed by atoms with E-state index in [0.717, 1.165) is 20.1 Å². The Morgan fingerprint density at radius 3 is 2.64 bits per heavy atom. The monoisotopic (exact) mass is 406 g/mol. The van der Waals surface area contributed by atoms with Crippen LogP contribution < -0.4 is 5.32 Å². The molecule has 6 heteroatoms. The van der Waals surface area contributed by atoms with E-state index in [0.29, 0.717) is 17.0 Å². The van der Waals surface area contributed by atoms with Crippen molar-refractivity contribution in [2.45, 2.75) is 11.8 Å². The van der Waals surface area contributed by atoms with Crippen LogP contribution in [0.3, 0.4) is 0 Å². The smallest absolute Gasteiger partial charge is 0.234 e. The van der Waals surface area contributed by atoms with Crippen LogP contribution in [0, 0.1) is 6.92 Å². The highest BCUT2D eigenvalue weighted by Gasteiger charge is 2.12. The predicted octanol–water partition coefficient (Wildman–Crippen LogP) is 5.71. The Hall–Kier alpha value is -2.83. The van der Waals surface area contributed by atoms with Gasteiger partial charge < -0.3 is 10.4 Å². The number of carbonyl (C=O) groups excluding carboxylic acids is 1. The molecule has 4 nitrogen and oxygen atoms in total. The van der Waals surface area contributed by atoms with Crippen LogP contribution in [-0.4, -0.2) is 21.8 Å². The molecule has 0 aliphatic rings. The summed E-state index contributed by atoms with van der Waals surface area (Å²) >= 11 is 3.01. The topological polar surface area (TPSA) is 62.2 Å². The van der Waals surface area contributed by atoms with Crippen molar-refractivity contribution >= 4 is 44.9 Å². The van der Waals surface area contributed by atoms with Crippen LogP contribution in [0.1, 0.15) is 5.56 Å². The average molecular weight is 407 g/mol. The first kappa shape index (κ1) is 18.5. The van der Waals surface area contributed by atoms with Crippen molar-refractivity contribution in [2.75, 3.05) is 11.1 Å². The van der Waals surface area contributed by atoms with Crippen LogP contribution >= 0.6 is 23.1 Å². The predicted molar refractivity (Wildman–Crippen MR) is 117 cm³/mol. The van der Waals surface area contributed by atoms with E-state index in [1.54, 1.807) is 18.2 Å². The van der Waals surface area contributed by atoms with Crippen molar-refractivity contribution < 1.29 is 9.90 Å². The van der Waals surface area contributed by atoms with E-state index in [-0.39, 0.29) is 11.7 Å². The van der Waals surface area contributed by atoms with Crippen molar-refractivity contribution in [1.29, 1.82) is 0 Å². The molecular formula is C22H18N2O2S2. The zero-order chi connectivity index (χ0) is 19.5. The van der Waals surface area contributed by atoms with Crippen LogP contribution in [0.4, 0.5) is 5.69 Å². The first-order valence-electron chi connectivity index (χ1n) is 8.77. The van der Waals surface area contributed by atoms with Gasteiger partial charge in [-0.05, 0) is 43.3 Å². The molecule has 0 aliphatic carbocycles. The maximum atomic E-state index is 12.2. The number of benzene rings is 3. The molecule has 140 valence electrons. The molecule has 28 heavy (non-hydrogen) atoms. The number of amides is 1. The number of fused-ring (bicyclic) bond motifs is 1. The summed E-state index contributed by atoms with van der Waals surface area (Å²) in [6.07, 6.45) is 0. The summed E-state index contributed by atoms with van der Waals surface area (Å²) in [6, 6.07) is 21.1. The zero-order valence-corrected chi connectivity index (χ0v) is 16.8. The maximum Gasteiger partial charge on any atom is 0.234 e. The second-order valence-corrected chi connectivity index (χ2v) is 8.45. The van der Waals surface area contributed by atoms with Gasteiger partial charge in [0.05, 0.1) is 21.5 Å². The number of anilines is 1. The lowest BCUT2D eigenvalue weighted by molar-refractivity contribution is -0.113. The number of nitrogens with zero attached hydrogens (tertiary/aromatic N) is 1. The molecule has 0 radical (unpaired) electrons. The highest BCUT2D eigenvalue weighted by atomic mass is 32.2. The van der Waals surface area contributed by atoms with Gasteiger partial charge in [0, 0.05) is 16.6 Å². The third-order valence-corrected chi connectivity index (χ3v) is 6.28. The van der Waals surface area contributed by atoms with Crippen molar-refractivity contribution in [3.05, 3.63) is 72.3 Å². The molecule has 0 spiro atoms. The van der Waals surface area contributed by atoms with Crippen LogP contribution in [0.2, 0.25) is 0 Å². The number of thioether (sulfide) groups is 1. The molecule has 1 heterocycles. The second kappa shape index (κ2) is 8.04. The minimum absolute atomic E-state index is 0.100. The number of aromatic nitrogens is 1. The van der Waals surface area contributed by atoms with E-state index in [2.05, 4.69) is 10.3 Å². The lowest BCUT2D eigenvalue weighted by Gasteiger charge is -2.08. The summed E-state index contributed by atoms with van der Waals surface area (Å²) in [5.74, 6) is 0.296. The summed E-state index contributed by atoms with van der Waals surface area (Å²) in [4.78, 5) is 17.8. The third kappa shape index (κ3) is 4.18. The van der Waals surface area contributed by atoms with Gasteiger partial charge in [-0.3, -0.25) is 4.79 Å². The molecule has 4 aromatic rings. The molecule has 3 aromatic carbocycles. The number of aromatic hydroxyl groups is 1. The fraction of sp³-hybridized carbons (Fsp3) is 0.0909. The summed E-state index contributed by atoms with van der Waals surface area (Å²) < 4.78 is 1.07. The van der Waals surface area contributed by atoms with Gasteiger partial charge in [0.2, 0.25) is 5.91 Å². The molecule has 4 rings (SSSR count). The number of para-hydroxylation sites is 1. The van der Waals surface area contributed by atoms with Crippen LogP contribution in [-0.2, 0) is 4.79 Å². The summed E-state index contributed by atoms with van der Waals surface area (Å²) in [6.45, 7) is 2.03. The molecule has 0 saturated heterocycles. The molecule has 0 bridgehead atoms. The van der Waals surface area contributed by atoms with Crippen molar-refractivity contribution in [3.63, 3.8) is 0 Å². The number of hydrogen-bond donors (Lipinski definition) is 2. The van der Waals surface area contributed by atoms with Gasteiger partial charge in [0.15, 0.2) is 0 Å². The SMILES string of the molecule is Cc1ccc(SCC(=O)Nc2ccc(-c3nc4ccccc4s3)c(O)c2)cc1. The Balaban J connectivity index is 1.43. The minimum atomic E-state index is -0.113. The largest absolute Gasteiger partial charge is 0.507 e. The minimum Gasteiger partial charge on any atom is -0.507 e. The molecule has 0 aliphatic heterocycles. The Labute approximate surface area is 171 Å². The number of phenolic OH excluding ortho intramolecular Hbond substituents is 1. The Kier molecular flexibility index (Phi) is 5.32. The average Bonchev–Trinajstić information content (AvgIpc) is 3.11. The van der Waals surface area contributed by atoms with Crippen molar-refractivity contribution in [1.82, 2.24) is 4.98 Å². The number of carbonyl (C=O) groups is 1. The number of thiazole rings is 1. The van der Waals surface area contributed by atoms with Gasteiger partial charge in [0.25, 0.3) is 0 Å². The van der Waals surface area contributed by atoms with Gasteiger partial charge in [-0.15, -0.1) is 23.1 Å². The summed E-state index contributed by atoms with van der Waals surface area (Å²) in [7, 11) is 0. The maximum absolute atomic E-state index is 12.2. The molecule has 1 amide bonds. The molecule has 0 fully saturated rings. The van der Waals surface area contributed by atoms with E-state index < -0.39 is 0 Å². The van der Waals surface area contributed by atoms with Crippen LogP contribution in [0.15, 0.2) is 71.6 Å². The van der Waals surface area contributed by atoms with Gasteiger partial charge >= 0.3 is 0 Å². The van der Waals surface area contributed by atoms with Gasteiger partial charge in [0.1, 0.15) is 10.8 Å². The van der Waals surface area contributed by atoms with E-state index in [1.807, 2.05) is 55.5 Å². The highest BCUT2D eigenvalue weighted by molar-refractivity contribution is 8.00. The van der Waals surface area contributed by atoms with Gasteiger partial charge in [-0.25, -0.2) is 4.98 Å². The number of aryl methyl sites for hydroxylation is 1. The zero-order valence-electron chi connectivity index (χ0n) is 15.2. The Morgan fingerprint density at radius 2 is 1.89 bits per heavy atom. The fourth-order valence-corrected chi connectivity index (χ4v) is 4.46. The van der Waals surface area contributed by atoms with E-state index in [1.165, 1.54) is 28.7 Å². The summed E-state index contributed by atoms with van der Waals surface area (Å²) in [5, 5.41) is 14.0. The Bertz CT molecular complexity index is 1100. The lowest BCUT2D eigenvalue weighted by atomic mass is 10.2. The van der Waals surface area contributed by atoms with E-state index in [4.69, 9.17) is 0 Å². The molecule has 0 atom stereocenters. The molecule has 0 unspecified atom stereocenters. The van der Waals surface area contributed by atoms with E-state index in [9.17, 15) is 9.90 Å². The number of phenols is 1. The molecule has 1 aromatic heterocycles. The number of hydrogen-bond acceptors (Lipinski definition) is 5. The first-order chi connectivity index (χ1) is 13.6.